The van der Waals surface area contributed by atoms with Crippen LogP contribution in [0.25, 0.3) is 10.8 Å². The van der Waals surface area contributed by atoms with Gasteiger partial charge in [-0.15, -0.1) is 0 Å². The van der Waals surface area contributed by atoms with Crippen LogP contribution in [0.15, 0.2) is 36.4 Å². The average Bonchev–Trinajstić information content (AvgIpc) is 3.32. The Balaban J connectivity index is 1.97. The fourth-order valence-corrected chi connectivity index (χ4v) is 6.25. The molecule has 0 saturated heterocycles. The Bertz CT molecular complexity index is 1500. The van der Waals surface area contributed by atoms with Crippen LogP contribution in [0, 0.1) is 11.8 Å². The molecule has 2 rings (SSSR count). The lowest BCUT2D eigenvalue weighted by atomic mass is 9.94. The first-order chi connectivity index (χ1) is 30.7. The zero-order chi connectivity index (χ0) is 47.8. The quantitative estimate of drug-likeness (QED) is 0.0232. The number of benzene rings is 2. The van der Waals surface area contributed by atoms with E-state index in [0.29, 0.717) is 50.0 Å². The molecule has 0 bridgehead atoms. The lowest BCUT2D eigenvalue weighted by molar-refractivity contribution is -0.141. The maximum atomic E-state index is 13.2. The van der Waals surface area contributed by atoms with Crippen LogP contribution in [0.2, 0.25) is 0 Å². The number of hydrogen-bond acceptors (Lipinski definition) is 18. The van der Waals surface area contributed by atoms with Gasteiger partial charge in [0.2, 0.25) is 23.6 Å². The zero-order valence-electron chi connectivity index (χ0n) is 36.0. The molecule has 364 valence electrons. The molecule has 2 aromatic carbocycles. The lowest BCUT2D eigenvalue weighted by Crippen LogP contribution is -2.62. The smallest absolute Gasteiger partial charge is 0.233 e. The third-order valence-electron chi connectivity index (χ3n) is 11.0. The summed E-state index contributed by atoms with van der Waals surface area (Å²) < 4.78 is 11.9. The highest BCUT2D eigenvalue weighted by Crippen LogP contribution is 2.26. The molecule has 22 nitrogen and oxygen atoms in total. The first kappa shape index (κ1) is 55.8. The molecule has 0 aliphatic heterocycles. The summed E-state index contributed by atoms with van der Waals surface area (Å²) in [4.78, 5) is 52.6. The van der Waals surface area contributed by atoms with Gasteiger partial charge in [0.1, 0.15) is 45.5 Å². The van der Waals surface area contributed by atoms with E-state index < -0.39 is 137 Å². The number of ether oxygens (including phenoxy) is 2. The van der Waals surface area contributed by atoms with Crippen LogP contribution in [-0.2, 0) is 19.2 Å². The monoisotopic (exact) mass is 916 g/mol. The second-order valence-electron chi connectivity index (χ2n) is 16.1. The fourth-order valence-electron chi connectivity index (χ4n) is 6.25. The van der Waals surface area contributed by atoms with Crippen LogP contribution in [0.4, 0.5) is 0 Å². The predicted molar refractivity (Wildman–Crippen MR) is 227 cm³/mol. The van der Waals surface area contributed by atoms with E-state index in [4.69, 9.17) is 9.47 Å². The summed E-state index contributed by atoms with van der Waals surface area (Å²) in [5.74, 6) is -5.44. The van der Waals surface area contributed by atoms with Crippen LogP contribution in [0.1, 0.15) is 51.4 Å². The average molecular weight is 917 g/mol. The number of carbonyl (C=O) groups excluding carboxylic acids is 4. The van der Waals surface area contributed by atoms with Crippen molar-refractivity contribution in [1.82, 2.24) is 21.3 Å². The third-order valence-corrected chi connectivity index (χ3v) is 11.0. The predicted octanol–water partition coefficient (Wildman–Crippen LogP) is -4.72. The summed E-state index contributed by atoms with van der Waals surface area (Å²) in [5.41, 5.74) is -7.24. The number of aliphatic hydroxyl groups excluding tert-OH is 12. The lowest BCUT2D eigenvalue weighted by Gasteiger charge is -2.33. The number of unbranched alkanes of at least 4 members (excludes halogenated alkanes) is 4. The molecular formula is C42H68N4O18. The Kier molecular flexibility index (Phi) is 24.3. The van der Waals surface area contributed by atoms with E-state index in [1.165, 1.54) is 0 Å². The van der Waals surface area contributed by atoms with Gasteiger partial charge in [0.15, 0.2) is 0 Å². The molecule has 0 heterocycles. The van der Waals surface area contributed by atoms with E-state index in [2.05, 4.69) is 21.3 Å². The van der Waals surface area contributed by atoms with Gasteiger partial charge >= 0.3 is 0 Å². The minimum atomic E-state index is -1.81. The number of fused-ring (bicyclic) bond motifs is 1. The van der Waals surface area contributed by atoms with Gasteiger partial charge in [0.05, 0.1) is 92.5 Å². The summed E-state index contributed by atoms with van der Waals surface area (Å²) in [6, 6.07) is 11.0. The van der Waals surface area contributed by atoms with Crippen molar-refractivity contribution >= 4 is 34.4 Å². The third kappa shape index (κ3) is 16.0. The van der Waals surface area contributed by atoms with Crippen LogP contribution in [0.3, 0.4) is 0 Å². The van der Waals surface area contributed by atoms with Crippen molar-refractivity contribution in [3.8, 4) is 11.5 Å². The molecule has 16 N–H and O–H groups in total. The highest BCUT2D eigenvalue weighted by molar-refractivity contribution is 6.01. The number of amides is 4. The molecule has 0 saturated carbocycles. The minimum absolute atomic E-state index is 0.0341. The molecule has 0 spiro atoms. The minimum Gasteiger partial charge on any atom is -0.494 e. The summed E-state index contributed by atoms with van der Waals surface area (Å²) in [7, 11) is 0. The topological polar surface area (TPSA) is 378 Å². The van der Waals surface area contributed by atoms with Gasteiger partial charge < -0.3 is 92.0 Å². The van der Waals surface area contributed by atoms with Gasteiger partial charge in [-0.2, -0.15) is 0 Å². The van der Waals surface area contributed by atoms with Crippen LogP contribution >= 0.6 is 0 Å². The Morgan fingerprint density at radius 3 is 0.906 bits per heavy atom. The van der Waals surface area contributed by atoms with Crippen molar-refractivity contribution in [2.75, 3.05) is 92.5 Å². The fraction of sp³-hybridized carbons (Fsp3) is 0.667. The standard InChI is InChI=1S/C42H68N4O18/c47-17-39(18-48,19-49)43-35(59)33(36(60)44-40(20-50,21-51)22-52)7-3-1-5-13-63-31-11-9-29-10-12-32(16-30(29)15-31)64-14-6-2-4-8-34(37(61)45-41(23-53,24-54)25-55)38(62)46-42(26-56,27-57)28-58/h9-12,15-16,33-34,47-58H,1-8,13-14,17-28H2,(H,43,59)(H,44,60)(H,45,61)(H,46,62). The van der Waals surface area contributed by atoms with E-state index in [1.54, 1.807) is 12.1 Å². The van der Waals surface area contributed by atoms with E-state index >= 15 is 0 Å². The first-order valence-corrected chi connectivity index (χ1v) is 21.0. The summed E-state index contributed by atoms with van der Waals surface area (Å²) in [6.07, 6.45) is 2.60. The van der Waals surface area contributed by atoms with Crippen molar-refractivity contribution in [2.24, 2.45) is 11.8 Å². The van der Waals surface area contributed by atoms with Crippen molar-refractivity contribution in [2.45, 2.75) is 73.5 Å². The van der Waals surface area contributed by atoms with Gasteiger partial charge in [0, 0.05) is 0 Å². The van der Waals surface area contributed by atoms with E-state index in [1.807, 2.05) is 24.3 Å². The number of aliphatic hydroxyl groups is 12. The Morgan fingerprint density at radius 1 is 0.391 bits per heavy atom. The zero-order valence-corrected chi connectivity index (χ0v) is 36.0. The van der Waals surface area contributed by atoms with Crippen molar-refractivity contribution < 1.29 is 89.9 Å². The maximum absolute atomic E-state index is 13.2. The summed E-state index contributed by atoms with van der Waals surface area (Å²) in [5, 5.41) is 127. The molecule has 0 atom stereocenters. The normalized spacial score (nSPS) is 12.4. The van der Waals surface area contributed by atoms with Gasteiger partial charge in [-0.25, -0.2) is 0 Å². The van der Waals surface area contributed by atoms with E-state index in [9.17, 15) is 80.5 Å². The van der Waals surface area contributed by atoms with Gasteiger partial charge in [0.25, 0.3) is 0 Å². The molecule has 64 heavy (non-hydrogen) atoms. The highest BCUT2D eigenvalue weighted by atomic mass is 16.5. The molecule has 4 amide bonds. The van der Waals surface area contributed by atoms with E-state index in [-0.39, 0.29) is 26.1 Å². The Labute approximate surface area is 370 Å². The molecular weight excluding hydrogens is 848 g/mol. The molecule has 0 radical (unpaired) electrons. The van der Waals surface area contributed by atoms with Crippen LogP contribution in [0.5, 0.6) is 11.5 Å². The summed E-state index contributed by atoms with van der Waals surface area (Å²) >= 11 is 0. The number of hydrogen-bond donors (Lipinski definition) is 16. The summed E-state index contributed by atoms with van der Waals surface area (Å²) in [6.45, 7) is -9.34. The number of carbonyl (C=O) groups is 4. The number of rotatable bonds is 34. The maximum Gasteiger partial charge on any atom is 0.233 e. The highest BCUT2D eigenvalue weighted by Gasteiger charge is 2.40. The molecule has 0 aromatic heterocycles. The largest absolute Gasteiger partial charge is 0.494 e. The van der Waals surface area contributed by atoms with Gasteiger partial charge in [-0.1, -0.05) is 37.8 Å². The Morgan fingerprint density at radius 2 is 0.656 bits per heavy atom. The van der Waals surface area contributed by atoms with Crippen molar-refractivity contribution in [3.63, 3.8) is 0 Å². The van der Waals surface area contributed by atoms with Gasteiger partial charge in [-0.3, -0.25) is 19.2 Å². The Hall–Kier alpha value is -4.30. The molecule has 0 aliphatic carbocycles. The van der Waals surface area contributed by atoms with E-state index in [0.717, 1.165) is 10.8 Å². The SMILES string of the molecule is O=C(NC(CO)(CO)CO)C(CCCCCOc1ccc2ccc(OCCCCCC(C(=O)NC(CO)(CO)CO)C(=O)NC(CO)(CO)CO)cc2c1)C(=O)NC(CO)(CO)CO. The molecule has 0 fully saturated rings. The second-order valence-corrected chi connectivity index (χ2v) is 16.1. The number of nitrogens with one attached hydrogen (secondary N) is 4. The van der Waals surface area contributed by atoms with Crippen molar-refractivity contribution in [3.05, 3.63) is 36.4 Å². The second kappa shape index (κ2) is 27.9. The molecule has 0 aliphatic rings. The van der Waals surface area contributed by atoms with Crippen LogP contribution < -0.4 is 30.7 Å². The molecule has 0 unspecified atom stereocenters. The van der Waals surface area contributed by atoms with Crippen molar-refractivity contribution in [1.29, 1.82) is 0 Å². The molecule has 2 aromatic rings. The molecule has 22 heteroatoms. The van der Waals surface area contributed by atoms with Gasteiger partial charge in [-0.05, 0) is 60.7 Å². The van der Waals surface area contributed by atoms with Crippen LogP contribution in [-0.4, -0.2) is 200 Å². The first-order valence-electron chi connectivity index (χ1n) is 21.0.